The first-order chi connectivity index (χ1) is 11.5. The Kier molecular flexibility index (Phi) is 4.45. The van der Waals surface area contributed by atoms with Crippen molar-refractivity contribution in [2.24, 2.45) is 0 Å². The van der Waals surface area contributed by atoms with Crippen molar-refractivity contribution >= 4 is 34.8 Å². The molecule has 1 aliphatic carbocycles. The topological polar surface area (TPSA) is 46.5 Å². The normalized spacial score (nSPS) is 14.9. The van der Waals surface area contributed by atoms with Gasteiger partial charge in [-0.2, -0.15) is 0 Å². The Morgan fingerprint density at radius 2 is 2.00 bits per heavy atom. The Morgan fingerprint density at radius 3 is 2.67 bits per heavy atom. The maximum atomic E-state index is 11.3. The summed E-state index contributed by atoms with van der Waals surface area (Å²) in [7, 11) is 1.60. The van der Waals surface area contributed by atoms with Crippen LogP contribution in [0.3, 0.4) is 0 Å². The number of ether oxygens (including phenoxy) is 1. The SMILES string of the molecule is COc1ccc2c(c1)C(CC(=O)O)=C(C)/C2=C/c1cccc(Cl)c1. The first kappa shape index (κ1) is 16.3. The summed E-state index contributed by atoms with van der Waals surface area (Å²) in [6, 6.07) is 13.4. The zero-order valence-electron chi connectivity index (χ0n) is 13.5. The largest absolute Gasteiger partial charge is 0.497 e. The first-order valence-electron chi connectivity index (χ1n) is 7.57. The monoisotopic (exact) mass is 340 g/mol. The highest BCUT2D eigenvalue weighted by molar-refractivity contribution is 6.30. The minimum Gasteiger partial charge on any atom is -0.497 e. The van der Waals surface area contributed by atoms with Gasteiger partial charge in [0.2, 0.25) is 0 Å². The molecule has 2 aromatic rings. The molecule has 3 nitrogen and oxygen atoms in total. The van der Waals surface area contributed by atoms with Crippen molar-refractivity contribution in [2.75, 3.05) is 7.11 Å². The van der Waals surface area contributed by atoms with Gasteiger partial charge in [-0.05, 0) is 70.7 Å². The average Bonchev–Trinajstić information content (AvgIpc) is 2.79. The second kappa shape index (κ2) is 6.54. The van der Waals surface area contributed by atoms with Gasteiger partial charge in [-0.25, -0.2) is 0 Å². The minimum atomic E-state index is -0.845. The Bertz CT molecular complexity index is 878. The van der Waals surface area contributed by atoms with Crippen LogP contribution < -0.4 is 4.74 Å². The van der Waals surface area contributed by atoms with Gasteiger partial charge >= 0.3 is 5.97 Å². The molecule has 0 saturated carbocycles. The summed E-state index contributed by atoms with van der Waals surface area (Å²) >= 11 is 6.07. The van der Waals surface area contributed by atoms with E-state index in [1.807, 2.05) is 55.5 Å². The number of hydrogen-bond acceptors (Lipinski definition) is 2. The van der Waals surface area contributed by atoms with Crippen LogP contribution in [0.5, 0.6) is 5.75 Å². The van der Waals surface area contributed by atoms with Crippen LogP contribution in [0.4, 0.5) is 0 Å². The Balaban J connectivity index is 2.17. The molecule has 0 amide bonds. The van der Waals surface area contributed by atoms with Crippen LogP contribution in [0.1, 0.15) is 30.0 Å². The lowest BCUT2D eigenvalue weighted by atomic mass is 10.0. The molecule has 24 heavy (non-hydrogen) atoms. The van der Waals surface area contributed by atoms with Crippen LogP contribution in [0.2, 0.25) is 5.02 Å². The molecule has 0 unspecified atom stereocenters. The standard InChI is InChI=1S/C20H17ClO3/c1-12-17(9-13-4-3-5-14(21)8-13)16-7-6-15(24-2)10-19(16)18(12)11-20(22)23/h3-10H,11H2,1-2H3,(H,22,23)/b17-9-. The molecule has 0 saturated heterocycles. The van der Waals surface area contributed by atoms with E-state index in [2.05, 4.69) is 0 Å². The van der Waals surface area contributed by atoms with E-state index < -0.39 is 5.97 Å². The lowest BCUT2D eigenvalue weighted by Crippen LogP contribution is -1.97. The predicted octanol–water partition coefficient (Wildman–Crippen LogP) is 5.15. The summed E-state index contributed by atoms with van der Waals surface area (Å²) in [4.78, 5) is 11.3. The number of benzene rings is 2. The van der Waals surface area contributed by atoms with Crippen molar-refractivity contribution in [3.05, 3.63) is 69.8 Å². The summed E-state index contributed by atoms with van der Waals surface area (Å²) in [5.74, 6) is -0.129. The smallest absolute Gasteiger partial charge is 0.307 e. The van der Waals surface area contributed by atoms with Crippen LogP contribution in [-0.4, -0.2) is 18.2 Å². The lowest BCUT2D eigenvalue weighted by molar-refractivity contribution is -0.135. The molecular weight excluding hydrogens is 324 g/mol. The zero-order valence-corrected chi connectivity index (χ0v) is 14.2. The van der Waals surface area contributed by atoms with Gasteiger partial charge in [0.1, 0.15) is 5.75 Å². The Morgan fingerprint density at radius 1 is 1.21 bits per heavy atom. The van der Waals surface area contributed by atoms with Gasteiger partial charge in [0.15, 0.2) is 0 Å². The first-order valence-corrected chi connectivity index (χ1v) is 7.95. The molecule has 1 N–H and O–H groups in total. The molecule has 0 fully saturated rings. The van der Waals surface area contributed by atoms with E-state index in [-0.39, 0.29) is 6.42 Å². The van der Waals surface area contributed by atoms with E-state index in [1.165, 1.54) is 0 Å². The second-order valence-electron chi connectivity index (χ2n) is 5.70. The van der Waals surface area contributed by atoms with E-state index in [0.29, 0.717) is 10.8 Å². The van der Waals surface area contributed by atoms with Crippen LogP contribution >= 0.6 is 11.6 Å². The van der Waals surface area contributed by atoms with Crippen molar-refractivity contribution in [1.29, 1.82) is 0 Å². The molecule has 0 radical (unpaired) electrons. The third kappa shape index (κ3) is 3.08. The summed E-state index contributed by atoms with van der Waals surface area (Å²) in [5.41, 5.74) is 5.73. The average molecular weight is 341 g/mol. The molecule has 1 aliphatic rings. The van der Waals surface area contributed by atoms with E-state index >= 15 is 0 Å². The molecule has 0 bridgehead atoms. The quantitative estimate of drug-likeness (QED) is 0.837. The summed E-state index contributed by atoms with van der Waals surface area (Å²) in [6.07, 6.45) is 2.03. The molecule has 0 aromatic heterocycles. The number of fused-ring (bicyclic) bond motifs is 1. The molecular formula is C20H17ClO3. The molecule has 4 heteroatoms. The van der Waals surface area contributed by atoms with Crippen LogP contribution in [0.15, 0.2) is 48.0 Å². The van der Waals surface area contributed by atoms with Crippen molar-refractivity contribution in [1.82, 2.24) is 0 Å². The maximum absolute atomic E-state index is 11.3. The number of carboxylic acid groups (broad SMARTS) is 1. The van der Waals surface area contributed by atoms with Crippen molar-refractivity contribution in [3.8, 4) is 5.75 Å². The fraction of sp³-hybridized carbons (Fsp3) is 0.150. The molecule has 3 rings (SSSR count). The van der Waals surface area contributed by atoms with Gasteiger partial charge in [0.05, 0.1) is 13.5 Å². The fourth-order valence-electron chi connectivity index (χ4n) is 3.03. The van der Waals surface area contributed by atoms with Gasteiger partial charge in [-0.3, -0.25) is 4.79 Å². The number of rotatable bonds is 4. The number of carbonyl (C=O) groups is 1. The second-order valence-corrected chi connectivity index (χ2v) is 6.14. The minimum absolute atomic E-state index is 0.0150. The number of methoxy groups -OCH3 is 1. The van der Waals surface area contributed by atoms with Gasteiger partial charge in [-0.15, -0.1) is 0 Å². The summed E-state index contributed by atoms with van der Waals surface area (Å²) in [6.45, 7) is 1.96. The summed E-state index contributed by atoms with van der Waals surface area (Å²) in [5, 5.41) is 9.92. The molecule has 0 heterocycles. The summed E-state index contributed by atoms with van der Waals surface area (Å²) < 4.78 is 5.29. The van der Waals surface area contributed by atoms with Gasteiger partial charge < -0.3 is 9.84 Å². The molecule has 0 spiro atoms. The zero-order chi connectivity index (χ0) is 17.3. The Labute approximate surface area is 145 Å². The maximum Gasteiger partial charge on any atom is 0.307 e. The van der Waals surface area contributed by atoms with Crippen LogP contribution in [0, 0.1) is 0 Å². The predicted molar refractivity (Wildman–Crippen MR) is 97.2 cm³/mol. The fourth-order valence-corrected chi connectivity index (χ4v) is 3.23. The Hall–Kier alpha value is -2.52. The molecule has 0 aliphatic heterocycles. The highest BCUT2D eigenvalue weighted by atomic mass is 35.5. The van der Waals surface area contributed by atoms with Crippen LogP contribution in [0.25, 0.3) is 17.2 Å². The van der Waals surface area contributed by atoms with Crippen molar-refractivity contribution < 1.29 is 14.6 Å². The number of aliphatic carboxylic acids is 1. The number of halogens is 1. The number of allylic oxidation sites excluding steroid dienone is 2. The van der Waals surface area contributed by atoms with Gasteiger partial charge in [-0.1, -0.05) is 29.8 Å². The van der Waals surface area contributed by atoms with Crippen LogP contribution in [-0.2, 0) is 4.79 Å². The molecule has 2 aromatic carbocycles. The van der Waals surface area contributed by atoms with E-state index in [1.54, 1.807) is 7.11 Å². The molecule has 122 valence electrons. The van der Waals surface area contributed by atoms with Crippen molar-refractivity contribution in [2.45, 2.75) is 13.3 Å². The van der Waals surface area contributed by atoms with E-state index in [4.69, 9.17) is 16.3 Å². The molecule has 0 atom stereocenters. The number of carboxylic acids is 1. The highest BCUT2D eigenvalue weighted by Crippen LogP contribution is 2.44. The highest BCUT2D eigenvalue weighted by Gasteiger charge is 2.25. The van der Waals surface area contributed by atoms with Gasteiger partial charge in [0.25, 0.3) is 0 Å². The third-order valence-corrected chi connectivity index (χ3v) is 4.42. The van der Waals surface area contributed by atoms with E-state index in [0.717, 1.165) is 33.4 Å². The van der Waals surface area contributed by atoms with Crippen molar-refractivity contribution in [3.63, 3.8) is 0 Å². The third-order valence-electron chi connectivity index (χ3n) is 4.19. The van der Waals surface area contributed by atoms with Gasteiger partial charge in [0, 0.05) is 5.02 Å². The lowest BCUT2D eigenvalue weighted by Gasteiger charge is -2.07. The van der Waals surface area contributed by atoms with E-state index in [9.17, 15) is 9.90 Å². The number of hydrogen-bond donors (Lipinski definition) is 1.